The van der Waals surface area contributed by atoms with Gasteiger partial charge >= 0.3 is 12.1 Å². The maximum atomic E-state index is 11.9. The minimum Gasteiger partial charge on any atom is -0.464 e. The first-order valence-electron chi connectivity index (χ1n) is 10.5. The highest BCUT2D eigenvalue weighted by molar-refractivity contribution is 5.88. The van der Waals surface area contributed by atoms with Crippen LogP contribution in [0, 0.1) is 12.8 Å². The maximum absolute atomic E-state index is 11.9. The summed E-state index contributed by atoms with van der Waals surface area (Å²) >= 11 is 0. The second kappa shape index (κ2) is 9.40. The van der Waals surface area contributed by atoms with Crippen LogP contribution in [0.3, 0.4) is 0 Å². The highest BCUT2D eigenvalue weighted by atomic mass is 16.6. The zero-order valence-corrected chi connectivity index (χ0v) is 18.7. The lowest BCUT2D eigenvalue weighted by Crippen LogP contribution is -2.41. The number of nitrogens with zero attached hydrogens (tertiary/aromatic N) is 5. The molecule has 168 valence electrons. The summed E-state index contributed by atoms with van der Waals surface area (Å²) < 4.78 is 10.1. The van der Waals surface area contributed by atoms with Crippen LogP contribution in [-0.4, -0.2) is 56.0 Å². The van der Waals surface area contributed by atoms with Gasteiger partial charge in [-0.2, -0.15) is 4.80 Å². The second-order valence-electron chi connectivity index (χ2n) is 8.91. The molecule has 2 aromatic heterocycles. The van der Waals surface area contributed by atoms with Gasteiger partial charge in [0.15, 0.2) is 0 Å². The lowest BCUT2D eigenvalue weighted by molar-refractivity contribution is 0.0484. The van der Waals surface area contributed by atoms with Gasteiger partial charge in [0.1, 0.15) is 11.3 Å². The SMILES string of the molecule is COC(=O)c1cc(-c2nnn(C[C@H]3CC[C@@H](NC(=O)OC(C)(C)C)CC3)n2)cc(C)n1. The summed E-state index contributed by atoms with van der Waals surface area (Å²) in [7, 11) is 1.32. The van der Waals surface area contributed by atoms with Crippen molar-refractivity contribution in [2.24, 2.45) is 5.92 Å². The van der Waals surface area contributed by atoms with E-state index in [4.69, 9.17) is 9.47 Å². The Balaban J connectivity index is 1.55. The molecule has 10 heteroatoms. The Morgan fingerprint density at radius 1 is 1.19 bits per heavy atom. The zero-order chi connectivity index (χ0) is 22.6. The monoisotopic (exact) mass is 430 g/mol. The van der Waals surface area contributed by atoms with Crippen molar-refractivity contribution >= 4 is 12.1 Å². The Morgan fingerprint density at radius 3 is 2.55 bits per heavy atom. The molecule has 1 saturated carbocycles. The highest BCUT2D eigenvalue weighted by Crippen LogP contribution is 2.26. The van der Waals surface area contributed by atoms with Gasteiger partial charge in [0, 0.05) is 17.3 Å². The molecule has 10 nitrogen and oxygen atoms in total. The fourth-order valence-corrected chi connectivity index (χ4v) is 3.64. The van der Waals surface area contributed by atoms with Crippen molar-refractivity contribution in [3.8, 4) is 11.4 Å². The molecule has 1 fully saturated rings. The average Bonchev–Trinajstić information content (AvgIpc) is 3.15. The van der Waals surface area contributed by atoms with Crippen molar-refractivity contribution in [1.29, 1.82) is 0 Å². The summed E-state index contributed by atoms with van der Waals surface area (Å²) in [5.41, 5.74) is 1.06. The van der Waals surface area contributed by atoms with Crippen LogP contribution in [0.15, 0.2) is 12.1 Å². The van der Waals surface area contributed by atoms with Gasteiger partial charge < -0.3 is 14.8 Å². The van der Waals surface area contributed by atoms with E-state index in [1.165, 1.54) is 7.11 Å². The number of amides is 1. The quantitative estimate of drug-likeness (QED) is 0.719. The molecule has 2 aromatic rings. The number of aryl methyl sites for hydroxylation is 1. The number of esters is 1. The Morgan fingerprint density at radius 2 is 1.90 bits per heavy atom. The van der Waals surface area contributed by atoms with Crippen LogP contribution in [0.1, 0.15) is 62.6 Å². The number of carbonyl (C=O) groups is 2. The summed E-state index contributed by atoms with van der Waals surface area (Å²) in [5, 5.41) is 15.7. The Kier molecular flexibility index (Phi) is 6.87. The number of tetrazole rings is 1. The summed E-state index contributed by atoms with van der Waals surface area (Å²) in [5.74, 6) is 0.341. The fourth-order valence-electron chi connectivity index (χ4n) is 3.64. The molecular formula is C21H30N6O4. The van der Waals surface area contributed by atoms with E-state index in [-0.39, 0.29) is 17.8 Å². The van der Waals surface area contributed by atoms with Crippen LogP contribution in [0.4, 0.5) is 4.79 Å². The standard InChI is InChI=1S/C21H30N6O4/c1-13-10-15(11-17(22-13)19(28)30-5)18-24-26-27(25-18)12-14-6-8-16(9-7-14)23-20(29)31-21(2,3)4/h10-11,14,16H,6-9,12H2,1-5H3,(H,23,29)/t14-,16+. The van der Waals surface area contributed by atoms with Crippen molar-refractivity contribution in [3.63, 3.8) is 0 Å². The van der Waals surface area contributed by atoms with E-state index < -0.39 is 11.6 Å². The number of hydrogen-bond donors (Lipinski definition) is 1. The maximum Gasteiger partial charge on any atom is 0.407 e. The van der Waals surface area contributed by atoms with Gasteiger partial charge in [-0.25, -0.2) is 14.6 Å². The molecular weight excluding hydrogens is 400 g/mol. The average molecular weight is 431 g/mol. The normalized spacial score (nSPS) is 19.0. The largest absolute Gasteiger partial charge is 0.464 e. The molecule has 3 rings (SSSR count). The van der Waals surface area contributed by atoms with Crippen molar-refractivity contribution < 1.29 is 19.1 Å². The molecule has 0 radical (unpaired) electrons. The van der Waals surface area contributed by atoms with E-state index in [0.717, 1.165) is 25.7 Å². The Hall–Kier alpha value is -3.04. The smallest absolute Gasteiger partial charge is 0.407 e. The van der Waals surface area contributed by atoms with Gasteiger partial charge in [-0.3, -0.25) is 0 Å². The van der Waals surface area contributed by atoms with Gasteiger partial charge in [0.05, 0.1) is 13.7 Å². The number of aromatic nitrogens is 5. The molecule has 0 saturated heterocycles. The Labute approximate surface area is 181 Å². The first-order chi connectivity index (χ1) is 14.6. The Bertz CT molecular complexity index is 928. The number of hydrogen-bond acceptors (Lipinski definition) is 8. The molecule has 2 heterocycles. The lowest BCUT2D eigenvalue weighted by Gasteiger charge is -2.29. The number of methoxy groups -OCH3 is 1. The summed E-state index contributed by atoms with van der Waals surface area (Å²) in [6.07, 6.45) is 3.32. The molecule has 0 bridgehead atoms. The van der Waals surface area contributed by atoms with E-state index in [1.807, 2.05) is 20.8 Å². The van der Waals surface area contributed by atoms with Crippen LogP contribution in [-0.2, 0) is 16.0 Å². The van der Waals surface area contributed by atoms with E-state index >= 15 is 0 Å². The number of ether oxygens (including phenoxy) is 2. The third-order valence-corrected chi connectivity index (χ3v) is 5.05. The van der Waals surface area contributed by atoms with Crippen LogP contribution in [0.2, 0.25) is 0 Å². The third kappa shape index (κ3) is 6.47. The van der Waals surface area contributed by atoms with Gasteiger partial charge in [-0.1, -0.05) is 0 Å². The lowest BCUT2D eigenvalue weighted by atomic mass is 9.86. The number of nitrogens with one attached hydrogen (secondary N) is 1. The summed E-state index contributed by atoms with van der Waals surface area (Å²) in [4.78, 5) is 29.5. The summed E-state index contributed by atoms with van der Waals surface area (Å²) in [6.45, 7) is 8.01. The van der Waals surface area contributed by atoms with E-state index in [1.54, 1.807) is 23.9 Å². The van der Waals surface area contributed by atoms with Gasteiger partial charge in [-0.05, 0) is 76.6 Å². The molecule has 0 aromatic carbocycles. The molecule has 1 amide bonds. The first kappa shape index (κ1) is 22.6. The van der Waals surface area contributed by atoms with Crippen LogP contribution in [0.25, 0.3) is 11.4 Å². The zero-order valence-electron chi connectivity index (χ0n) is 18.7. The molecule has 0 spiro atoms. The number of rotatable bonds is 5. The second-order valence-corrected chi connectivity index (χ2v) is 8.91. The molecule has 0 unspecified atom stereocenters. The van der Waals surface area contributed by atoms with E-state index in [2.05, 4.69) is 25.7 Å². The van der Waals surface area contributed by atoms with Crippen molar-refractivity contribution in [2.45, 2.75) is 71.6 Å². The molecule has 1 aliphatic carbocycles. The van der Waals surface area contributed by atoms with Crippen molar-refractivity contribution in [1.82, 2.24) is 30.5 Å². The van der Waals surface area contributed by atoms with Gasteiger partial charge in [-0.15, -0.1) is 10.2 Å². The van der Waals surface area contributed by atoms with Crippen molar-refractivity contribution in [3.05, 3.63) is 23.5 Å². The van der Waals surface area contributed by atoms with E-state index in [0.29, 0.717) is 29.5 Å². The number of alkyl carbamates (subject to hydrolysis) is 1. The minimum atomic E-state index is -0.505. The molecule has 31 heavy (non-hydrogen) atoms. The highest BCUT2D eigenvalue weighted by Gasteiger charge is 2.25. The molecule has 1 N–H and O–H groups in total. The van der Waals surface area contributed by atoms with Crippen LogP contribution < -0.4 is 5.32 Å². The predicted molar refractivity (Wildman–Crippen MR) is 112 cm³/mol. The fraction of sp³-hybridized carbons (Fsp3) is 0.619. The third-order valence-electron chi connectivity index (χ3n) is 5.05. The predicted octanol–water partition coefficient (Wildman–Crippen LogP) is 2.91. The molecule has 1 aliphatic rings. The minimum absolute atomic E-state index is 0.127. The van der Waals surface area contributed by atoms with Crippen LogP contribution in [0.5, 0.6) is 0 Å². The number of pyridine rings is 1. The number of carbonyl (C=O) groups excluding carboxylic acids is 2. The van der Waals surface area contributed by atoms with Crippen molar-refractivity contribution in [2.75, 3.05) is 7.11 Å². The van der Waals surface area contributed by atoms with Crippen LogP contribution >= 0.6 is 0 Å². The van der Waals surface area contributed by atoms with E-state index in [9.17, 15) is 9.59 Å². The molecule has 0 aliphatic heterocycles. The summed E-state index contributed by atoms with van der Waals surface area (Å²) in [6, 6.07) is 3.54. The molecule has 0 atom stereocenters. The topological polar surface area (TPSA) is 121 Å². The first-order valence-corrected chi connectivity index (χ1v) is 10.5. The van der Waals surface area contributed by atoms with Gasteiger partial charge in [0.2, 0.25) is 5.82 Å². The van der Waals surface area contributed by atoms with Gasteiger partial charge in [0.25, 0.3) is 0 Å².